The molecular formula is C12H19FS. The average Bonchev–Trinajstić information content (AvgIpc) is 2.59. The first-order valence-electron chi connectivity index (χ1n) is 5.48. The van der Waals surface area contributed by atoms with Gasteiger partial charge in [0.2, 0.25) is 0 Å². The van der Waals surface area contributed by atoms with E-state index in [1.807, 2.05) is 5.38 Å². The molecule has 80 valence electrons. The van der Waals surface area contributed by atoms with E-state index in [1.54, 1.807) is 5.38 Å². The highest BCUT2D eigenvalue weighted by atomic mass is 32.1. The van der Waals surface area contributed by atoms with Crippen LogP contribution in [0.25, 0.3) is 0 Å². The number of hydrogen-bond donors (Lipinski definition) is 0. The van der Waals surface area contributed by atoms with Gasteiger partial charge in [-0.15, -0.1) is 11.3 Å². The third-order valence-corrected chi connectivity index (χ3v) is 3.50. The second-order valence-corrected chi connectivity index (χ2v) is 4.61. The zero-order valence-electron chi connectivity index (χ0n) is 9.05. The summed E-state index contributed by atoms with van der Waals surface area (Å²) in [4.78, 5) is 0. The first-order chi connectivity index (χ1) is 6.77. The summed E-state index contributed by atoms with van der Waals surface area (Å²) in [5.74, 6) is 0.656. The van der Waals surface area contributed by atoms with Gasteiger partial charge in [-0.3, -0.25) is 0 Å². The van der Waals surface area contributed by atoms with Gasteiger partial charge in [0.05, 0.1) is 0 Å². The van der Waals surface area contributed by atoms with Crippen LogP contribution in [0.1, 0.15) is 45.1 Å². The molecule has 0 bridgehead atoms. The van der Waals surface area contributed by atoms with Gasteiger partial charge in [-0.05, 0) is 23.3 Å². The standard InChI is InChI=1S/C12H19FS/c1-3-5-6-10(4-2)7-11-8-14-9-12(11)13/h8-10H,3-7H2,1-2H3. The van der Waals surface area contributed by atoms with E-state index < -0.39 is 0 Å². The third kappa shape index (κ3) is 3.41. The highest BCUT2D eigenvalue weighted by molar-refractivity contribution is 7.08. The van der Waals surface area contributed by atoms with E-state index in [-0.39, 0.29) is 5.82 Å². The summed E-state index contributed by atoms with van der Waals surface area (Å²) in [5.41, 5.74) is 0.915. The first-order valence-corrected chi connectivity index (χ1v) is 6.42. The molecule has 0 nitrogen and oxygen atoms in total. The van der Waals surface area contributed by atoms with Crippen LogP contribution >= 0.6 is 11.3 Å². The van der Waals surface area contributed by atoms with Crippen LogP contribution in [0.2, 0.25) is 0 Å². The first kappa shape index (κ1) is 11.7. The lowest BCUT2D eigenvalue weighted by Crippen LogP contribution is -2.03. The van der Waals surface area contributed by atoms with E-state index in [4.69, 9.17) is 0 Å². The van der Waals surface area contributed by atoms with Gasteiger partial charge in [0, 0.05) is 5.38 Å². The monoisotopic (exact) mass is 214 g/mol. The Balaban J connectivity index is 2.44. The number of halogens is 1. The maximum Gasteiger partial charge on any atom is 0.137 e. The van der Waals surface area contributed by atoms with Gasteiger partial charge in [-0.2, -0.15) is 0 Å². The van der Waals surface area contributed by atoms with E-state index in [0.29, 0.717) is 5.92 Å². The second kappa shape index (κ2) is 6.18. The van der Waals surface area contributed by atoms with Gasteiger partial charge in [0.1, 0.15) is 5.82 Å². The van der Waals surface area contributed by atoms with Crippen LogP contribution in [0.4, 0.5) is 4.39 Å². The Hall–Kier alpha value is -0.370. The molecule has 14 heavy (non-hydrogen) atoms. The molecule has 0 aliphatic heterocycles. The van der Waals surface area contributed by atoms with Crippen molar-refractivity contribution in [3.63, 3.8) is 0 Å². The van der Waals surface area contributed by atoms with Gasteiger partial charge in [-0.25, -0.2) is 4.39 Å². The molecule has 0 N–H and O–H groups in total. The average molecular weight is 214 g/mol. The maximum absolute atomic E-state index is 13.2. The van der Waals surface area contributed by atoms with Gasteiger partial charge < -0.3 is 0 Å². The Labute approximate surface area is 90.2 Å². The molecule has 1 heterocycles. The largest absolute Gasteiger partial charge is 0.206 e. The smallest absolute Gasteiger partial charge is 0.137 e. The minimum Gasteiger partial charge on any atom is -0.206 e. The molecule has 1 unspecified atom stereocenters. The van der Waals surface area contributed by atoms with Crippen LogP contribution in [0.15, 0.2) is 10.8 Å². The van der Waals surface area contributed by atoms with E-state index in [1.165, 1.54) is 30.6 Å². The SMILES string of the molecule is CCCCC(CC)Cc1cscc1F. The molecule has 0 spiro atoms. The Morgan fingerprint density at radius 2 is 2.14 bits per heavy atom. The summed E-state index contributed by atoms with van der Waals surface area (Å²) in [6.45, 7) is 4.41. The van der Waals surface area contributed by atoms with E-state index in [2.05, 4.69) is 13.8 Å². The Morgan fingerprint density at radius 3 is 2.64 bits per heavy atom. The molecule has 0 radical (unpaired) electrons. The normalized spacial score (nSPS) is 13.1. The molecule has 1 atom stereocenters. The van der Waals surface area contributed by atoms with Crippen molar-refractivity contribution < 1.29 is 4.39 Å². The molecule has 0 aliphatic carbocycles. The van der Waals surface area contributed by atoms with Crippen LogP contribution in [0.5, 0.6) is 0 Å². The van der Waals surface area contributed by atoms with Crippen molar-refractivity contribution in [2.45, 2.75) is 46.0 Å². The van der Waals surface area contributed by atoms with Crippen molar-refractivity contribution in [1.82, 2.24) is 0 Å². The van der Waals surface area contributed by atoms with Crippen molar-refractivity contribution in [2.75, 3.05) is 0 Å². The lowest BCUT2D eigenvalue weighted by Gasteiger charge is -2.13. The Kier molecular flexibility index (Phi) is 5.16. The quantitative estimate of drug-likeness (QED) is 0.647. The predicted molar refractivity (Wildman–Crippen MR) is 61.3 cm³/mol. The molecule has 0 amide bonds. The van der Waals surface area contributed by atoms with Crippen LogP contribution in [0, 0.1) is 11.7 Å². The minimum atomic E-state index is -0.00931. The fourth-order valence-electron chi connectivity index (χ4n) is 1.71. The molecule has 1 aromatic rings. The summed E-state index contributed by atoms with van der Waals surface area (Å²) in [7, 11) is 0. The van der Waals surface area contributed by atoms with Crippen molar-refractivity contribution in [1.29, 1.82) is 0 Å². The van der Waals surface area contributed by atoms with E-state index >= 15 is 0 Å². The number of thiophene rings is 1. The molecule has 0 aromatic carbocycles. The summed E-state index contributed by atoms with van der Waals surface area (Å²) >= 11 is 1.47. The molecule has 1 rings (SSSR count). The fourth-order valence-corrected chi connectivity index (χ4v) is 2.42. The van der Waals surface area contributed by atoms with E-state index in [0.717, 1.165) is 18.4 Å². The third-order valence-electron chi connectivity index (χ3n) is 2.74. The highest BCUT2D eigenvalue weighted by Crippen LogP contribution is 2.22. The summed E-state index contributed by atoms with van der Waals surface area (Å²) in [5, 5.41) is 3.55. The van der Waals surface area contributed by atoms with Crippen molar-refractivity contribution in [3.8, 4) is 0 Å². The zero-order valence-corrected chi connectivity index (χ0v) is 9.87. The van der Waals surface area contributed by atoms with Crippen LogP contribution in [-0.2, 0) is 6.42 Å². The van der Waals surface area contributed by atoms with Gasteiger partial charge >= 0.3 is 0 Å². The van der Waals surface area contributed by atoms with E-state index in [9.17, 15) is 4.39 Å². The molecule has 0 saturated carbocycles. The van der Waals surface area contributed by atoms with Crippen molar-refractivity contribution >= 4 is 11.3 Å². The van der Waals surface area contributed by atoms with Crippen molar-refractivity contribution in [3.05, 3.63) is 22.1 Å². The predicted octanol–water partition coefficient (Wildman–Crippen LogP) is 4.65. The molecule has 0 fully saturated rings. The lowest BCUT2D eigenvalue weighted by atomic mass is 9.93. The van der Waals surface area contributed by atoms with Gasteiger partial charge in [0.25, 0.3) is 0 Å². The summed E-state index contributed by atoms with van der Waals surface area (Å²) in [6, 6.07) is 0. The molecular weight excluding hydrogens is 195 g/mol. The highest BCUT2D eigenvalue weighted by Gasteiger charge is 2.10. The maximum atomic E-state index is 13.2. The zero-order chi connectivity index (χ0) is 10.4. The molecule has 0 saturated heterocycles. The number of rotatable bonds is 6. The van der Waals surface area contributed by atoms with Crippen LogP contribution in [0.3, 0.4) is 0 Å². The van der Waals surface area contributed by atoms with Crippen molar-refractivity contribution in [2.24, 2.45) is 5.92 Å². The second-order valence-electron chi connectivity index (χ2n) is 3.87. The molecule has 1 aromatic heterocycles. The van der Waals surface area contributed by atoms with Gasteiger partial charge in [-0.1, -0.05) is 39.5 Å². The summed E-state index contributed by atoms with van der Waals surface area (Å²) in [6.07, 6.45) is 5.83. The Morgan fingerprint density at radius 1 is 1.36 bits per heavy atom. The Bertz CT molecular complexity index is 255. The number of hydrogen-bond acceptors (Lipinski definition) is 1. The lowest BCUT2D eigenvalue weighted by molar-refractivity contribution is 0.441. The van der Waals surface area contributed by atoms with Crippen LogP contribution in [-0.4, -0.2) is 0 Å². The molecule has 0 aliphatic rings. The fraction of sp³-hybridized carbons (Fsp3) is 0.667. The summed E-state index contributed by atoms with van der Waals surface area (Å²) < 4.78 is 13.2. The van der Waals surface area contributed by atoms with Gasteiger partial charge in [0.15, 0.2) is 0 Å². The minimum absolute atomic E-state index is 0.00931. The van der Waals surface area contributed by atoms with Crippen LogP contribution < -0.4 is 0 Å². The number of unbranched alkanes of at least 4 members (excludes halogenated alkanes) is 1. The topological polar surface area (TPSA) is 0 Å². The molecule has 2 heteroatoms.